The molecule has 90 valence electrons. The molecule has 0 aliphatic carbocycles. The molecule has 0 heterocycles. The van der Waals surface area contributed by atoms with Gasteiger partial charge in [-0.25, -0.2) is 8.93 Å². The lowest BCUT2D eigenvalue weighted by molar-refractivity contribution is 0.589. The largest absolute Gasteiger partial charge is 0.243 e. The Labute approximate surface area is 101 Å². The summed E-state index contributed by atoms with van der Waals surface area (Å²) < 4.78 is 14.0. The van der Waals surface area contributed by atoms with Crippen molar-refractivity contribution in [3.63, 3.8) is 0 Å². The van der Waals surface area contributed by atoms with E-state index in [4.69, 9.17) is 0 Å². The van der Waals surface area contributed by atoms with Crippen LogP contribution in [0.5, 0.6) is 0 Å². The molecule has 1 aromatic carbocycles. The van der Waals surface area contributed by atoms with E-state index in [1.165, 1.54) is 11.1 Å². The Bertz CT molecular complexity index is 368. The van der Waals surface area contributed by atoms with Crippen LogP contribution in [-0.2, 0) is 22.8 Å². The van der Waals surface area contributed by atoms with Crippen LogP contribution in [0.4, 0.5) is 0 Å². The van der Waals surface area contributed by atoms with E-state index in [1.807, 2.05) is 0 Å². The molecule has 1 N–H and O–H groups in total. The van der Waals surface area contributed by atoms with E-state index < -0.39 is 11.0 Å². The molecule has 0 aromatic heterocycles. The van der Waals surface area contributed by atoms with E-state index in [-0.39, 0.29) is 5.41 Å². The number of hydrogen-bond donors (Lipinski definition) is 1. The van der Waals surface area contributed by atoms with Gasteiger partial charge in [-0.1, -0.05) is 45.0 Å². The maximum Gasteiger partial charge on any atom is 0.0916 e. The van der Waals surface area contributed by atoms with Crippen molar-refractivity contribution in [3.8, 4) is 0 Å². The molecule has 0 saturated carbocycles. The Kier molecular flexibility index (Phi) is 4.69. The fourth-order valence-corrected chi connectivity index (χ4v) is 2.13. The first-order valence-electron chi connectivity index (χ1n) is 5.58. The van der Waals surface area contributed by atoms with Gasteiger partial charge in [-0.3, -0.25) is 0 Å². The summed E-state index contributed by atoms with van der Waals surface area (Å²) >= 11 is 0. The first-order valence-corrected chi connectivity index (χ1v) is 6.90. The normalized spacial score (nSPS) is 13.8. The second kappa shape index (κ2) is 5.60. The summed E-state index contributed by atoms with van der Waals surface area (Å²) in [5.41, 5.74) is 2.77. The number of nitrogens with one attached hydrogen (secondary N) is 1. The van der Waals surface area contributed by atoms with Crippen LogP contribution in [0.15, 0.2) is 24.3 Å². The topological polar surface area (TPSA) is 29.1 Å². The van der Waals surface area contributed by atoms with E-state index in [2.05, 4.69) is 49.8 Å². The average molecular weight is 239 g/mol. The van der Waals surface area contributed by atoms with Gasteiger partial charge in [0.1, 0.15) is 0 Å². The van der Waals surface area contributed by atoms with Gasteiger partial charge < -0.3 is 0 Å². The van der Waals surface area contributed by atoms with Crippen LogP contribution in [0.1, 0.15) is 31.9 Å². The van der Waals surface area contributed by atoms with Crippen LogP contribution in [0.2, 0.25) is 0 Å². The Balaban J connectivity index is 2.72. The highest BCUT2D eigenvalue weighted by molar-refractivity contribution is 7.82. The fraction of sp³-hybridized carbons (Fsp3) is 0.538. The van der Waals surface area contributed by atoms with Crippen molar-refractivity contribution in [2.24, 2.45) is 0 Å². The summed E-state index contributed by atoms with van der Waals surface area (Å²) in [7, 11) is 0.819. The number of aryl methyl sites for hydroxylation is 1. The summed E-state index contributed by atoms with van der Waals surface area (Å²) in [5, 5.41) is 0. The lowest BCUT2D eigenvalue weighted by Crippen LogP contribution is -2.16. The molecule has 1 rings (SSSR count). The van der Waals surface area contributed by atoms with Gasteiger partial charge in [0.05, 0.1) is 11.0 Å². The standard InChI is InChI=1S/C13H21NOS/c1-13(2,3)12-7-5-6-11(10-12)8-9-16(15)14-4/h5-7,10,14H,8-9H2,1-4H3. The van der Waals surface area contributed by atoms with Crippen LogP contribution < -0.4 is 4.72 Å². The summed E-state index contributed by atoms with van der Waals surface area (Å²) in [6, 6.07) is 8.55. The van der Waals surface area contributed by atoms with E-state index >= 15 is 0 Å². The Morgan fingerprint density at radius 2 is 2.00 bits per heavy atom. The van der Waals surface area contributed by atoms with Crippen molar-refractivity contribution in [2.45, 2.75) is 32.6 Å². The molecule has 1 atom stereocenters. The van der Waals surface area contributed by atoms with Crippen molar-refractivity contribution in [3.05, 3.63) is 35.4 Å². The zero-order chi connectivity index (χ0) is 12.2. The monoisotopic (exact) mass is 239 g/mol. The maximum atomic E-state index is 11.3. The van der Waals surface area contributed by atoms with Gasteiger partial charge in [0.2, 0.25) is 0 Å². The van der Waals surface area contributed by atoms with E-state index in [0.717, 1.165) is 6.42 Å². The molecule has 3 heteroatoms. The van der Waals surface area contributed by atoms with Crippen LogP contribution in [-0.4, -0.2) is 17.0 Å². The molecule has 0 aliphatic heterocycles. The maximum absolute atomic E-state index is 11.3. The molecule has 0 fully saturated rings. The van der Waals surface area contributed by atoms with Crippen molar-refractivity contribution in [1.82, 2.24) is 4.72 Å². The van der Waals surface area contributed by atoms with Gasteiger partial charge in [-0.15, -0.1) is 0 Å². The summed E-state index contributed by atoms with van der Waals surface area (Å²) in [6.45, 7) is 6.62. The SMILES string of the molecule is CNS(=O)CCc1cccc(C(C)(C)C)c1. The van der Waals surface area contributed by atoms with Crippen LogP contribution in [0, 0.1) is 0 Å². The predicted octanol–water partition coefficient (Wildman–Crippen LogP) is 2.41. The van der Waals surface area contributed by atoms with Gasteiger partial charge in [0, 0.05) is 5.75 Å². The first kappa shape index (κ1) is 13.4. The average Bonchev–Trinajstić information content (AvgIpc) is 2.25. The highest BCUT2D eigenvalue weighted by Gasteiger charge is 2.13. The van der Waals surface area contributed by atoms with Crippen molar-refractivity contribution in [2.75, 3.05) is 12.8 Å². The van der Waals surface area contributed by atoms with E-state index in [9.17, 15) is 4.21 Å². The van der Waals surface area contributed by atoms with Gasteiger partial charge >= 0.3 is 0 Å². The summed E-state index contributed by atoms with van der Waals surface area (Å²) in [4.78, 5) is 0. The lowest BCUT2D eigenvalue weighted by Gasteiger charge is -2.19. The quantitative estimate of drug-likeness (QED) is 0.859. The van der Waals surface area contributed by atoms with Gasteiger partial charge in [0.15, 0.2) is 0 Å². The first-order chi connectivity index (χ1) is 7.43. The number of benzene rings is 1. The molecule has 0 saturated heterocycles. The molecule has 0 aliphatic rings. The minimum atomic E-state index is -0.905. The summed E-state index contributed by atoms with van der Waals surface area (Å²) in [6.07, 6.45) is 0.859. The third-order valence-electron chi connectivity index (χ3n) is 2.60. The van der Waals surface area contributed by atoms with E-state index in [0.29, 0.717) is 5.75 Å². The van der Waals surface area contributed by atoms with Crippen LogP contribution >= 0.6 is 0 Å². The van der Waals surface area contributed by atoms with Crippen LogP contribution in [0.25, 0.3) is 0 Å². The molecule has 0 spiro atoms. The Hall–Kier alpha value is -0.670. The molecular weight excluding hydrogens is 218 g/mol. The van der Waals surface area contributed by atoms with Gasteiger partial charge in [-0.2, -0.15) is 0 Å². The molecular formula is C13H21NOS. The third-order valence-corrected chi connectivity index (χ3v) is 3.63. The van der Waals surface area contributed by atoms with Gasteiger partial charge in [-0.05, 0) is 30.0 Å². The molecule has 0 radical (unpaired) electrons. The molecule has 0 amide bonds. The third kappa shape index (κ3) is 4.06. The van der Waals surface area contributed by atoms with Crippen molar-refractivity contribution in [1.29, 1.82) is 0 Å². The minimum Gasteiger partial charge on any atom is -0.243 e. The lowest BCUT2D eigenvalue weighted by atomic mass is 9.86. The second-order valence-corrected chi connectivity index (χ2v) is 6.46. The zero-order valence-corrected chi connectivity index (χ0v) is 11.4. The fourth-order valence-electron chi connectivity index (χ4n) is 1.51. The van der Waals surface area contributed by atoms with Crippen LogP contribution in [0.3, 0.4) is 0 Å². The molecule has 0 bridgehead atoms. The van der Waals surface area contributed by atoms with Crippen molar-refractivity contribution < 1.29 is 4.21 Å². The van der Waals surface area contributed by atoms with Crippen molar-refractivity contribution >= 4 is 11.0 Å². The Morgan fingerprint density at radius 1 is 1.31 bits per heavy atom. The summed E-state index contributed by atoms with van der Waals surface area (Å²) in [5.74, 6) is 0.671. The van der Waals surface area contributed by atoms with E-state index in [1.54, 1.807) is 7.05 Å². The second-order valence-electron chi connectivity index (χ2n) is 4.95. The minimum absolute atomic E-state index is 0.179. The Morgan fingerprint density at radius 3 is 2.56 bits per heavy atom. The molecule has 1 unspecified atom stereocenters. The highest BCUT2D eigenvalue weighted by atomic mass is 32.2. The highest BCUT2D eigenvalue weighted by Crippen LogP contribution is 2.22. The smallest absolute Gasteiger partial charge is 0.0916 e. The predicted molar refractivity (Wildman–Crippen MR) is 70.9 cm³/mol. The molecule has 16 heavy (non-hydrogen) atoms. The number of rotatable bonds is 4. The molecule has 1 aromatic rings. The van der Waals surface area contributed by atoms with Gasteiger partial charge in [0.25, 0.3) is 0 Å². The number of hydrogen-bond acceptors (Lipinski definition) is 1. The zero-order valence-electron chi connectivity index (χ0n) is 10.5. The molecule has 2 nitrogen and oxygen atoms in total.